The van der Waals surface area contributed by atoms with Gasteiger partial charge in [0, 0.05) is 6.04 Å². The van der Waals surface area contributed by atoms with Crippen LogP contribution in [0.15, 0.2) is 24.3 Å². The Morgan fingerprint density at radius 3 is 2.47 bits per heavy atom. The van der Waals surface area contributed by atoms with Crippen molar-refractivity contribution in [3.05, 3.63) is 29.8 Å². The summed E-state index contributed by atoms with van der Waals surface area (Å²) in [4.78, 5) is 11.7. The molecule has 1 rings (SSSR count). The molecular formula is C13H19NO3. The number of amides is 1. The van der Waals surface area contributed by atoms with Crippen LogP contribution < -0.4 is 10.1 Å². The lowest BCUT2D eigenvalue weighted by Crippen LogP contribution is -2.35. The molecule has 1 aromatic rings. The maximum Gasteiger partial charge on any atom is 0.253 e. The molecule has 2 unspecified atom stereocenters. The first kappa shape index (κ1) is 13.5. The fourth-order valence-corrected chi connectivity index (χ4v) is 1.36. The van der Waals surface area contributed by atoms with Crippen molar-refractivity contribution in [2.75, 3.05) is 7.11 Å². The van der Waals surface area contributed by atoms with Gasteiger partial charge in [0.25, 0.3) is 5.91 Å². The lowest BCUT2D eigenvalue weighted by Gasteiger charge is -2.15. The summed E-state index contributed by atoms with van der Waals surface area (Å²) in [6, 6.07) is 6.86. The van der Waals surface area contributed by atoms with E-state index in [2.05, 4.69) is 5.32 Å². The van der Waals surface area contributed by atoms with Crippen LogP contribution in [0.25, 0.3) is 0 Å². The highest BCUT2D eigenvalue weighted by Crippen LogP contribution is 2.17. The lowest BCUT2D eigenvalue weighted by molar-refractivity contribution is -0.130. The van der Waals surface area contributed by atoms with Gasteiger partial charge in [-0.2, -0.15) is 0 Å². The van der Waals surface area contributed by atoms with Crippen LogP contribution >= 0.6 is 0 Å². The molecule has 94 valence electrons. The average Bonchev–Trinajstić information content (AvgIpc) is 2.37. The SMILES string of the molecule is CCC(C)NC(=O)C(O)c1ccc(OC)cc1. The first-order valence-corrected chi connectivity index (χ1v) is 5.70. The fraction of sp³-hybridized carbons (Fsp3) is 0.462. The first-order chi connectivity index (χ1) is 8.08. The summed E-state index contributed by atoms with van der Waals surface area (Å²) in [5, 5.41) is 12.6. The molecule has 0 fully saturated rings. The second-order valence-corrected chi connectivity index (χ2v) is 3.99. The minimum atomic E-state index is -1.13. The molecule has 2 N–H and O–H groups in total. The summed E-state index contributed by atoms with van der Waals surface area (Å²) in [5.74, 6) is 0.327. The molecule has 0 saturated heterocycles. The Labute approximate surface area is 102 Å². The monoisotopic (exact) mass is 237 g/mol. The summed E-state index contributed by atoms with van der Waals surface area (Å²) in [7, 11) is 1.57. The molecular weight excluding hydrogens is 218 g/mol. The first-order valence-electron chi connectivity index (χ1n) is 5.70. The van der Waals surface area contributed by atoms with Crippen LogP contribution in [0.1, 0.15) is 31.9 Å². The average molecular weight is 237 g/mol. The van der Waals surface area contributed by atoms with E-state index in [-0.39, 0.29) is 11.9 Å². The molecule has 0 saturated carbocycles. The number of ether oxygens (including phenoxy) is 1. The van der Waals surface area contributed by atoms with Crippen LogP contribution in [0.5, 0.6) is 5.75 Å². The third-order valence-electron chi connectivity index (χ3n) is 2.68. The van der Waals surface area contributed by atoms with Crippen LogP contribution in [0.3, 0.4) is 0 Å². The smallest absolute Gasteiger partial charge is 0.253 e. The van der Waals surface area contributed by atoms with Crippen molar-refractivity contribution in [3.8, 4) is 5.75 Å². The van der Waals surface area contributed by atoms with Crippen molar-refractivity contribution in [2.45, 2.75) is 32.4 Å². The van der Waals surface area contributed by atoms with Gasteiger partial charge in [-0.25, -0.2) is 0 Å². The number of aliphatic hydroxyl groups excluding tert-OH is 1. The number of benzene rings is 1. The van der Waals surface area contributed by atoms with E-state index in [9.17, 15) is 9.90 Å². The van der Waals surface area contributed by atoms with E-state index >= 15 is 0 Å². The molecule has 1 amide bonds. The largest absolute Gasteiger partial charge is 0.497 e. The van der Waals surface area contributed by atoms with E-state index in [4.69, 9.17) is 4.74 Å². The van der Waals surface area contributed by atoms with Gasteiger partial charge >= 0.3 is 0 Å². The lowest BCUT2D eigenvalue weighted by atomic mass is 10.1. The Bertz CT molecular complexity index is 361. The highest BCUT2D eigenvalue weighted by atomic mass is 16.5. The van der Waals surface area contributed by atoms with Gasteiger partial charge < -0.3 is 15.2 Å². The molecule has 4 heteroatoms. The maximum atomic E-state index is 11.7. The van der Waals surface area contributed by atoms with Gasteiger partial charge in [0.05, 0.1) is 7.11 Å². The third-order valence-corrected chi connectivity index (χ3v) is 2.68. The van der Waals surface area contributed by atoms with Gasteiger partial charge in [0.15, 0.2) is 6.10 Å². The predicted molar refractivity (Wildman–Crippen MR) is 65.8 cm³/mol. The van der Waals surface area contributed by atoms with E-state index < -0.39 is 6.10 Å². The van der Waals surface area contributed by atoms with E-state index in [0.29, 0.717) is 11.3 Å². The van der Waals surface area contributed by atoms with Crippen molar-refractivity contribution in [1.82, 2.24) is 5.32 Å². The molecule has 0 heterocycles. The second-order valence-electron chi connectivity index (χ2n) is 3.99. The van der Waals surface area contributed by atoms with E-state index in [1.807, 2.05) is 13.8 Å². The summed E-state index contributed by atoms with van der Waals surface area (Å²) < 4.78 is 5.01. The van der Waals surface area contributed by atoms with Crippen molar-refractivity contribution in [2.24, 2.45) is 0 Å². The van der Waals surface area contributed by atoms with E-state index in [0.717, 1.165) is 6.42 Å². The predicted octanol–water partition coefficient (Wildman–Crippen LogP) is 1.64. The molecule has 0 aliphatic heterocycles. The zero-order chi connectivity index (χ0) is 12.8. The number of hydrogen-bond donors (Lipinski definition) is 2. The molecule has 17 heavy (non-hydrogen) atoms. The van der Waals surface area contributed by atoms with Crippen LogP contribution in [0.2, 0.25) is 0 Å². The summed E-state index contributed by atoms with van der Waals surface area (Å²) in [6.07, 6.45) is -0.295. The minimum Gasteiger partial charge on any atom is -0.497 e. The maximum absolute atomic E-state index is 11.7. The van der Waals surface area contributed by atoms with Crippen molar-refractivity contribution in [3.63, 3.8) is 0 Å². The fourth-order valence-electron chi connectivity index (χ4n) is 1.36. The number of nitrogens with one attached hydrogen (secondary N) is 1. The molecule has 0 aliphatic carbocycles. The molecule has 4 nitrogen and oxygen atoms in total. The third kappa shape index (κ3) is 3.75. The standard InChI is InChI=1S/C13H19NO3/c1-4-9(2)14-13(16)12(15)10-5-7-11(17-3)8-6-10/h5-9,12,15H,4H2,1-3H3,(H,14,16). The quantitative estimate of drug-likeness (QED) is 0.818. The minimum absolute atomic E-state index is 0.0652. The second kappa shape index (κ2) is 6.25. The van der Waals surface area contributed by atoms with Crippen molar-refractivity contribution < 1.29 is 14.6 Å². The van der Waals surface area contributed by atoms with Crippen LogP contribution in [0, 0.1) is 0 Å². The Morgan fingerprint density at radius 1 is 1.41 bits per heavy atom. The Kier molecular flexibility index (Phi) is 4.97. The Balaban J connectivity index is 2.67. The van der Waals surface area contributed by atoms with Gasteiger partial charge in [-0.15, -0.1) is 0 Å². The zero-order valence-corrected chi connectivity index (χ0v) is 10.4. The van der Waals surface area contributed by atoms with Gasteiger partial charge in [0.1, 0.15) is 5.75 Å². The molecule has 1 aromatic carbocycles. The van der Waals surface area contributed by atoms with Gasteiger partial charge in [-0.1, -0.05) is 19.1 Å². The highest BCUT2D eigenvalue weighted by molar-refractivity contribution is 5.82. The van der Waals surface area contributed by atoms with Gasteiger partial charge in [0.2, 0.25) is 0 Å². The number of hydrogen-bond acceptors (Lipinski definition) is 3. The molecule has 0 radical (unpaired) electrons. The molecule has 0 spiro atoms. The van der Waals surface area contributed by atoms with Crippen molar-refractivity contribution >= 4 is 5.91 Å². The zero-order valence-electron chi connectivity index (χ0n) is 10.4. The molecule has 0 aliphatic rings. The van der Waals surface area contributed by atoms with Crippen LogP contribution in [-0.4, -0.2) is 24.2 Å². The summed E-state index contributed by atoms with van der Waals surface area (Å²) in [6.45, 7) is 3.88. The topological polar surface area (TPSA) is 58.6 Å². The number of rotatable bonds is 5. The summed E-state index contributed by atoms with van der Waals surface area (Å²) in [5.41, 5.74) is 0.562. The number of aliphatic hydroxyl groups is 1. The number of carbonyl (C=O) groups excluding carboxylic acids is 1. The van der Waals surface area contributed by atoms with Crippen molar-refractivity contribution in [1.29, 1.82) is 0 Å². The van der Waals surface area contributed by atoms with Gasteiger partial charge in [-0.3, -0.25) is 4.79 Å². The summed E-state index contributed by atoms with van der Waals surface area (Å²) >= 11 is 0. The van der Waals surface area contributed by atoms with Crippen LogP contribution in [0.4, 0.5) is 0 Å². The Morgan fingerprint density at radius 2 is 2.00 bits per heavy atom. The van der Waals surface area contributed by atoms with E-state index in [1.165, 1.54) is 0 Å². The molecule has 2 atom stereocenters. The Hall–Kier alpha value is -1.55. The molecule has 0 aromatic heterocycles. The number of carbonyl (C=O) groups is 1. The van der Waals surface area contributed by atoms with E-state index in [1.54, 1.807) is 31.4 Å². The normalized spacial score (nSPS) is 13.9. The molecule has 0 bridgehead atoms. The van der Waals surface area contributed by atoms with Crippen LogP contribution in [-0.2, 0) is 4.79 Å². The highest BCUT2D eigenvalue weighted by Gasteiger charge is 2.18. The van der Waals surface area contributed by atoms with Gasteiger partial charge in [-0.05, 0) is 31.0 Å². The number of methoxy groups -OCH3 is 1.